The first-order valence-electron chi connectivity index (χ1n) is 7.58. The van der Waals surface area contributed by atoms with Crippen LogP contribution in [0.5, 0.6) is 0 Å². The van der Waals surface area contributed by atoms with Gasteiger partial charge in [-0.25, -0.2) is 19.9 Å². The van der Waals surface area contributed by atoms with Crippen LogP contribution in [0.3, 0.4) is 0 Å². The summed E-state index contributed by atoms with van der Waals surface area (Å²) in [5.74, 6) is -0.0254. The normalized spacial score (nSPS) is 31.3. The maximum absolute atomic E-state index is 9.52. The standard InChI is InChI=1S/C14H18N6O4/c1-14(2)23-9-6(3-21)22-13(10(9)24-14)20-12-8-7(16-5-19-12)11(15)18-4-17-8/h4-6,9-10,13,21H,3H2,1-2H3,(H2,15,17,18)(H,16,19,20)/t6-,9-,10-,13+/m1/s1. The molecular weight excluding hydrogens is 316 g/mol. The zero-order valence-corrected chi connectivity index (χ0v) is 13.2. The van der Waals surface area contributed by atoms with Crippen molar-refractivity contribution in [2.75, 3.05) is 17.7 Å². The van der Waals surface area contributed by atoms with Gasteiger partial charge in [0.25, 0.3) is 0 Å². The number of nitrogens with one attached hydrogen (secondary N) is 1. The van der Waals surface area contributed by atoms with Crippen LogP contribution >= 0.6 is 0 Å². The highest BCUT2D eigenvalue weighted by Gasteiger charge is 2.55. The monoisotopic (exact) mass is 334 g/mol. The zero-order chi connectivity index (χ0) is 16.9. The molecule has 0 saturated carbocycles. The molecule has 2 aromatic rings. The van der Waals surface area contributed by atoms with Gasteiger partial charge in [0.15, 0.2) is 23.7 Å². The first-order valence-corrected chi connectivity index (χ1v) is 7.58. The Hall–Kier alpha value is -2.14. The van der Waals surface area contributed by atoms with Gasteiger partial charge in [-0.1, -0.05) is 0 Å². The van der Waals surface area contributed by atoms with Gasteiger partial charge >= 0.3 is 0 Å². The number of rotatable bonds is 3. The molecule has 0 spiro atoms. The summed E-state index contributed by atoms with van der Waals surface area (Å²) in [7, 11) is 0. The lowest BCUT2D eigenvalue weighted by molar-refractivity contribution is -0.187. The van der Waals surface area contributed by atoms with Crippen LogP contribution < -0.4 is 11.1 Å². The molecule has 2 aliphatic heterocycles. The summed E-state index contributed by atoms with van der Waals surface area (Å²) >= 11 is 0. The van der Waals surface area contributed by atoms with Crippen LogP contribution in [-0.4, -0.2) is 62.0 Å². The molecule has 10 heteroatoms. The van der Waals surface area contributed by atoms with E-state index < -0.39 is 18.1 Å². The topological polar surface area (TPSA) is 138 Å². The molecule has 0 amide bonds. The first kappa shape index (κ1) is 15.4. The number of hydrogen-bond acceptors (Lipinski definition) is 10. The van der Waals surface area contributed by atoms with E-state index in [0.29, 0.717) is 16.9 Å². The summed E-state index contributed by atoms with van der Waals surface area (Å²) in [5.41, 5.74) is 6.75. The Morgan fingerprint density at radius 2 is 1.83 bits per heavy atom. The summed E-state index contributed by atoms with van der Waals surface area (Å²) in [6.45, 7) is 3.48. The third-order valence-corrected chi connectivity index (χ3v) is 4.06. The maximum Gasteiger partial charge on any atom is 0.164 e. The van der Waals surface area contributed by atoms with E-state index in [4.69, 9.17) is 19.9 Å². The summed E-state index contributed by atoms with van der Waals surface area (Å²) < 4.78 is 17.5. The van der Waals surface area contributed by atoms with Gasteiger partial charge in [0.2, 0.25) is 0 Å². The van der Waals surface area contributed by atoms with Crippen LogP contribution in [0, 0.1) is 0 Å². The van der Waals surface area contributed by atoms with Crippen molar-refractivity contribution in [3.8, 4) is 0 Å². The molecule has 24 heavy (non-hydrogen) atoms. The summed E-state index contributed by atoms with van der Waals surface area (Å²) in [6.07, 6.45) is 0.928. The van der Waals surface area contributed by atoms with E-state index in [9.17, 15) is 5.11 Å². The molecule has 128 valence electrons. The molecule has 0 bridgehead atoms. The predicted octanol–water partition coefficient (Wildman–Crippen LogP) is -0.349. The van der Waals surface area contributed by atoms with Gasteiger partial charge < -0.3 is 30.4 Å². The van der Waals surface area contributed by atoms with Gasteiger partial charge in [-0.05, 0) is 13.8 Å². The first-order chi connectivity index (χ1) is 11.5. The number of anilines is 2. The van der Waals surface area contributed by atoms with E-state index in [2.05, 4.69) is 25.3 Å². The zero-order valence-electron chi connectivity index (χ0n) is 13.2. The van der Waals surface area contributed by atoms with E-state index in [-0.39, 0.29) is 24.6 Å². The van der Waals surface area contributed by atoms with Crippen LogP contribution in [0.25, 0.3) is 11.0 Å². The van der Waals surface area contributed by atoms with Crippen molar-refractivity contribution in [1.82, 2.24) is 19.9 Å². The molecule has 10 nitrogen and oxygen atoms in total. The number of aliphatic hydroxyl groups is 1. The van der Waals surface area contributed by atoms with E-state index in [1.54, 1.807) is 0 Å². The molecule has 0 aromatic carbocycles. The van der Waals surface area contributed by atoms with Crippen molar-refractivity contribution in [3.63, 3.8) is 0 Å². The van der Waals surface area contributed by atoms with Crippen molar-refractivity contribution >= 4 is 22.7 Å². The van der Waals surface area contributed by atoms with E-state index >= 15 is 0 Å². The fourth-order valence-corrected chi connectivity index (χ4v) is 3.08. The highest BCUT2D eigenvalue weighted by Crippen LogP contribution is 2.39. The van der Waals surface area contributed by atoms with E-state index in [1.165, 1.54) is 12.7 Å². The number of hydrogen-bond donors (Lipinski definition) is 3. The highest BCUT2D eigenvalue weighted by atomic mass is 16.8. The number of nitrogens with zero attached hydrogens (tertiary/aromatic N) is 4. The summed E-state index contributed by atoms with van der Waals surface area (Å²) in [5, 5.41) is 12.7. The third kappa shape index (κ3) is 2.44. The molecule has 4 heterocycles. The van der Waals surface area contributed by atoms with Gasteiger partial charge in [-0.2, -0.15) is 0 Å². The Kier molecular flexibility index (Phi) is 3.49. The summed E-state index contributed by atoms with van der Waals surface area (Å²) in [4.78, 5) is 16.4. The van der Waals surface area contributed by atoms with E-state index in [1.807, 2.05) is 13.8 Å². The number of nitrogen functional groups attached to an aromatic ring is 1. The molecule has 2 aliphatic rings. The van der Waals surface area contributed by atoms with Crippen molar-refractivity contribution in [3.05, 3.63) is 12.7 Å². The molecule has 0 unspecified atom stereocenters. The lowest BCUT2D eigenvalue weighted by Crippen LogP contribution is -2.35. The van der Waals surface area contributed by atoms with Gasteiger partial charge in [0.05, 0.1) is 6.61 Å². The van der Waals surface area contributed by atoms with E-state index in [0.717, 1.165) is 0 Å². The molecule has 2 aromatic heterocycles. The Morgan fingerprint density at radius 3 is 2.62 bits per heavy atom. The van der Waals surface area contributed by atoms with Crippen molar-refractivity contribution < 1.29 is 19.3 Å². The molecule has 2 saturated heterocycles. The highest BCUT2D eigenvalue weighted by molar-refractivity contribution is 5.91. The fourth-order valence-electron chi connectivity index (χ4n) is 3.08. The van der Waals surface area contributed by atoms with Gasteiger partial charge in [0, 0.05) is 0 Å². The smallest absolute Gasteiger partial charge is 0.164 e. The second kappa shape index (κ2) is 5.45. The number of fused-ring (bicyclic) bond motifs is 2. The van der Waals surface area contributed by atoms with Gasteiger partial charge in [-0.3, -0.25) is 0 Å². The average Bonchev–Trinajstić information content (AvgIpc) is 3.02. The van der Waals surface area contributed by atoms with Crippen LogP contribution in [0.15, 0.2) is 12.7 Å². The van der Waals surface area contributed by atoms with Crippen molar-refractivity contribution in [2.24, 2.45) is 0 Å². The lowest BCUT2D eigenvalue weighted by Gasteiger charge is -2.24. The number of ether oxygens (including phenoxy) is 3. The fraction of sp³-hybridized carbons (Fsp3) is 0.571. The molecule has 0 radical (unpaired) electrons. The van der Waals surface area contributed by atoms with Gasteiger partial charge in [0.1, 0.15) is 42.0 Å². The van der Waals surface area contributed by atoms with Crippen LogP contribution in [0.4, 0.5) is 11.6 Å². The average molecular weight is 334 g/mol. The molecule has 4 rings (SSSR count). The number of nitrogens with two attached hydrogens (primary N) is 1. The number of aliphatic hydroxyl groups excluding tert-OH is 1. The van der Waals surface area contributed by atoms with Gasteiger partial charge in [-0.15, -0.1) is 0 Å². The van der Waals surface area contributed by atoms with Crippen LogP contribution in [-0.2, 0) is 14.2 Å². The minimum absolute atomic E-state index is 0.168. The molecular formula is C14H18N6O4. The van der Waals surface area contributed by atoms with Crippen molar-refractivity contribution in [2.45, 2.75) is 44.2 Å². The molecule has 4 atom stereocenters. The Bertz CT molecular complexity index is 772. The summed E-state index contributed by atoms with van der Waals surface area (Å²) in [6, 6.07) is 0. The molecule has 0 aliphatic carbocycles. The predicted molar refractivity (Wildman–Crippen MR) is 82.7 cm³/mol. The van der Waals surface area contributed by atoms with Crippen LogP contribution in [0.1, 0.15) is 13.8 Å². The number of aromatic nitrogens is 4. The Morgan fingerprint density at radius 1 is 1.12 bits per heavy atom. The Balaban J connectivity index is 1.65. The lowest BCUT2D eigenvalue weighted by atomic mass is 10.1. The maximum atomic E-state index is 9.52. The molecule has 4 N–H and O–H groups in total. The minimum Gasteiger partial charge on any atom is -0.394 e. The second-order valence-electron chi connectivity index (χ2n) is 6.17. The SMILES string of the molecule is CC1(C)O[C@@H]2[C@H](O1)[C@@H](CO)O[C@@H]2Nc1ncnc2c(N)ncnc12. The Labute approximate surface area is 137 Å². The molecule has 2 fully saturated rings. The largest absolute Gasteiger partial charge is 0.394 e. The quantitative estimate of drug-likeness (QED) is 0.683. The van der Waals surface area contributed by atoms with Crippen molar-refractivity contribution in [1.29, 1.82) is 0 Å². The van der Waals surface area contributed by atoms with Crippen LogP contribution in [0.2, 0.25) is 0 Å². The minimum atomic E-state index is -0.743. The third-order valence-electron chi connectivity index (χ3n) is 4.06. The second-order valence-corrected chi connectivity index (χ2v) is 6.17.